The molecule has 0 atom stereocenters. The van der Waals surface area contributed by atoms with Crippen LogP contribution >= 0.6 is 0 Å². The number of hydrogen-bond acceptors (Lipinski definition) is 5. The summed E-state index contributed by atoms with van der Waals surface area (Å²) in [6, 6.07) is 6.31. The van der Waals surface area contributed by atoms with Gasteiger partial charge in [0.25, 0.3) is 5.56 Å². The topological polar surface area (TPSA) is 95.2 Å². The second-order valence-corrected chi connectivity index (χ2v) is 8.24. The van der Waals surface area contributed by atoms with Gasteiger partial charge in [-0.3, -0.25) is 23.7 Å². The number of benzene rings is 1. The molecule has 1 N–H and O–H groups in total. The number of aromatic nitrogens is 3. The Balaban J connectivity index is 1.46. The van der Waals surface area contributed by atoms with Crippen LogP contribution in [0.5, 0.6) is 5.75 Å². The number of rotatable bonds is 5. The van der Waals surface area contributed by atoms with E-state index in [0.717, 1.165) is 6.20 Å². The van der Waals surface area contributed by atoms with Crippen LogP contribution in [0.3, 0.4) is 0 Å². The van der Waals surface area contributed by atoms with Gasteiger partial charge >= 0.3 is 5.69 Å². The van der Waals surface area contributed by atoms with Gasteiger partial charge in [-0.2, -0.15) is 0 Å². The van der Waals surface area contributed by atoms with E-state index < -0.39 is 5.82 Å². The van der Waals surface area contributed by atoms with Gasteiger partial charge in [-0.1, -0.05) is 0 Å². The van der Waals surface area contributed by atoms with E-state index in [1.807, 2.05) is 0 Å². The van der Waals surface area contributed by atoms with Crippen LogP contribution in [0.4, 0.5) is 10.1 Å². The number of nitrogens with zero attached hydrogens (tertiary/aromatic N) is 3. The van der Waals surface area contributed by atoms with Crippen molar-refractivity contribution in [2.75, 3.05) is 12.4 Å². The molecular weight excluding hydrogens is 415 g/mol. The minimum absolute atomic E-state index is 0.114. The lowest BCUT2D eigenvalue weighted by molar-refractivity contribution is -0.121. The Kier molecular flexibility index (Phi) is 6.07. The lowest BCUT2D eigenvalue weighted by atomic mass is 9.81. The number of hydrogen-bond donors (Lipinski definition) is 1. The van der Waals surface area contributed by atoms with Gasteiger partial charge in [-0.25, -0.2) is 9.18 Å². The maximum Gasteiger partial charge on any atom is 0.331 e. The molecule has 0 aliphatic heterocycles. The van der Waals surface area contributed by atoms with E-state index in [1.165, 1.54) is 28.5 Å². The van der Waals surface area contributed by atoms with Gasteiger partial charge in [-0.05, 0) is 49.8 Å². The molecule has 1 saturated carbocycles. The average Bonchev–Trinajstić information content (AvgIpc) is 2.80. The van der Waals surface area contributed by atoms with Crippen molar-refractivity contribution in [2.45, 2.75) is 32.2 Å². The Labute approximate surface area is 183 Å². The first-order valence-corrected chi connectivity index (χ1v) is 10.6. The van der Waals surface area contributed by atoms with Crippen LogP contribution < -0.4 is 21.3 Å². The molecule has 1 aliphatic carbocycles. The number of halogens is 1. The quantitative estimate of drug-likeness (QED) is 0.658. The summed E-state index contributed by atoms with van der Waals surface area (Å²) in [7, 11) is 3.18. The number of carbonyl (C=O) groups excluding carboxylic acids is 1. The highest BCUT2D eigenvalue weighted by Crippen LogP contribution is 2.30. The number of nitrogens with one attached hydrogen (secondary N) is 1. The summed E-state index contributed by atoms with van der Waals surface area (Å²) in [5.41, 5.74) is 0.203. The summed E-state index contributed by atoms with van der Waals surface area (Å²) in [5, 5.41) is 3.15. The number of aryl methyl sites for hydroxylation is 1. The molecule has 0 radical (unpaired) electrons. The number of fused-ring (bicyclic) bond motifs is 1. The van der Waals surface area contributed by atoms with Gasteiger partial charge in [0.1, 0.15) is 11.6 Å². The van der Waals surface area contributed by atoms with Crippen molar-refractivity contribution in [3.63, 3.8) is 0 Å². The summed E-state index contributed by atoms with van der Waals surface area (Å²) in [6.45, 7) is 0.306. The molecule has 1 fully saturated rings. The SMILES string of the molecule is COc1ccc2c(c1)c(=O)n(C[C@H]1CC[C@H](C(=O)Nc3cncc(F)c3)CC1)c(=O)n2C. The Morgan fingerprint density at radius 2 is 1.94 bits per heavy atom. The number of methoxy groups -OCH3 is 1. The largest absolute Gasteiger partial charge is 0.497 e. The number of ether oxygens (including phenoxy) is 1. The predicted octanol–water partition coefficient (Wildman–Crippen LogP) is 2.69. The van der Waals surface area contributed by atoms with Crippen molar-refractivity contribution in [2.24, 2.45) is 18.9 Å². The van der Waals surface area contributed by atoms with E-state index in [1.54, 1.807) is 25.2 Å². The number of amides is 1. The van der Waals surface area contributed by atoms with Crippen LogP contribution in [0.1, 0.15) is 25.7 Å². The van der Waals surface area contributed by atoms with E-state index in [-0.39, 0.29) is 29.0 Å². The van der Waals surface area contributed by atoms with E-state index >= 15 is 0 Å². The third-order valence-corrected chi connectivity index (χ3v) is 6.19. The van der Waals surface area contributed by atoms with Crippen LogP contribution in [0.25, 0.3) is 10.9 Å². The molecule has 8 nitrogen and oxygen atoms in total. The summed E-state index contributed by atoms with van der Waals surface area (Å²) in [5.74, 6) is -0.202. The molecule has 0 bridgehead atoms. The normalized spacial score (nSPS) is 18.5. The average molecular weight is 440 g/mol. The molecule has 2 heterocycles. The standard InChI is InChI=1S/C23H25FN4O4/c1-27-20-8-7-18(32-2)10-19(20)22(30)28(23(27)31)13-14-3-5-15(6-4-14)21(29)26-17-9-16(24)11-25-12-17/h7-12,14-15H,3-6,13H2,1-2H3,(H,26,29)/t14-,15-. The van der Waals surface area contributed by atoms with Crippen LogP contribution in [0.2, 0.25) is 0 Å². The highest BCUT2D eigenvalue weighted by molar-refractivity contribution is 5.92. The minimum Gasteiger partial charge on any atom is -0.497 e. The molecule has 3 aromatic rings. The summed E-state index contributed by atoms with van der Waals surface area (Å²) in [6.07, 6.45) is 5.18. The van der Waals surface area contributed by atoms with Crippen molar-refractivity contribution >= 4 is 22.5 Å². The second kappa shape index (κ2) is 8.94. The fraction of sp³-hybridized carbons (Fsp3) is 0.391. The highest BCUT2D eigenvalue weighted by Gasteiger charge is 2.27. The molecule has 4 rings (SSSR count). The van der Waals surface area contributed by atoms with Crippen molar-refractivity contribution in [1.29, 1.82) is 0 Å². The van der Waals surface area contributed by atoms with E-state index in [9.17, 15) is 18.8 Å². The van der Waals surface area contributed by atoms with E-state index in [4.69, 9.17) is 4.74 Å². The molecule has 1 aromatic carbocycles. The van der Waals surface area contributed by atoms with Crippen LogP contribution in [0, 0.1) is 17.7 Å². The first-order chi connectivity index (χ1) is 15.4. The molecule has 0 unspecified atom stereocenters. The Morgan fingerprint density at radius 1 is 1.19 bits per heavy atom. The van der Waals surface area contributed by atoms with Gasteiger partial charge in [0.05, 0.1) is 36.1 Å². The fourth-order valence-electron chi connectivity index (χ4n) is 4.37. The predicted molar refractivity (Wildman–Crippen MR) is 118 cm³/mol. The number of anilines is 1. The molecular formula is C23H25FN4O4. The Bertz CT molecular complexity index is 1280. The summed E-state index contributed by atoms with van der Waals surface area (Å²) >= 11 is 0. The summed E-state index contributed by atoms with van der Waals surface area (Å²) < 4.78 is 21.3. The zero-order valence-electron chi connectivity index (χ0n) is 18.0. The molecule has 1 aliphatic rings. The van der Waals surface area contributed by atoms with Gasteiger partial charge < -0.3 is 10.1 Å². The number of carbonyl (C=O) groups is 1. The fourth-order valence-corrected chi connectivity index (χ4v) is 4.37. The number of pyridine rings is 1. The van der Waals surface area contributed by atoms with Crippen LogP contribution in [-0.2, 0) is 18.4 Å². The molecule has 168 valence electrons. The summed E-state index contributed by atoms with van der Waals surface area (Å²) in [4.78, 5) is 42.1. The van der Waals surface area contributed by atoms with Gasteiger partial charge in [-0.15, -0.1) is 0 Å². The third-order valence-electron chi connectivity index (χ3n) is 6.19. The first kappa shape index (κ1) is 21.7. The molecule has 0 saturated heterocycles. The third kappa shape index (κ3) is 4.28. The zero-order valence-corrected chi connectivity index (χ0v) is 18.0. The molecule has 9 heteroatoms. The van der Waals surface area contributed by atoms with Crippen molar-refractivity contribution in [3.8, 4) is 5.75 Å². The van der Waals surface area contributed by atoms with Crippen LogP contribution in [0.15, 0.2) is 46.2 Å². The van der Waals surface area contributed by atoms with Gasteiger partial charge in [0, 0.05) is 25.6 Å². The van der Waals surface area contributed by atoms with Crippen molar-refractivity contribution < 1.29 is 13.9 Å². The smallest absolute Gasteiger partial charge is 0.331 e. The molecule has 2 aromatic heterocycles. The molecule has 0 spiro atoms. The lowest BCUT2D eigenvalue weighted by Crippen LogP contribution is -2.41. The van der Waals surface area contributed by atoms with E-state index in [0.29, 0.717) is 54.6 Å². The van der Waals surface area contributed by atoms with Crippen molar-refractivity contribution in [1.82, 2.24) is 14.1 Å². The second-order valence-electron chi connectivity index (χ2n) is 8.24. The zero-order chi connectivity index (χ0) is 22.8. The maximum absolute atomic E-state index is 13.3. The molecule has 1 amide bonds. The Morgan fingerprint density at radius 3 is 2.62 bits per heavy atom. The van der Waals surface area contributed by atoms with Crippen LogP contribution in [-0.4, -0.2) is 27.1 Å². The monoisotopic (exact) mass is 440 g/mol. The van der Waals surface area contributed by atoms with Gasteiger partial charge in [0.2, 0.25) is 5.91 Å². The van der Waals surface area contributed by atoms with Crippen molar-refractivity contribution in [3.05, 3.63) is 63.3 Å². The first-order valence-electron chi connectivity index (χ1n) is 10.6. The van der Waals surface area contributed by atoms with Gasteiger partial charge in [0.15, 0.2) is 0 Å². The minimum atomic E-state index is -0.508. The maximum atomic E-state index is 13.3. The Hall–Kier alpha value is -3.49. The van der Waals surface area contributed by atoms with E-state index in [2.05, 4.69) is 10.3 Å². The highest BCUT2D eigenvalue weighted by atomic mass is 19.1. The lowest BCUT2D eigenvalue weighted by Gasteiger charge is -2.28. The molecule has 32 heavy (non-hydrogen) atoms.